The molecule has 0 bridgehead atoms. The van der Waals surface area contributed by atoms with Crippen LogP contribution in [0, 0.1) is 0 Å². The van der Waals surface area contributed by atoms with E-state index in [9.17, 15) is 9.59 Å². The number of thiocarbonyl (C=S) groups is 1. The first-order valence-electron chi connectivity index (χ1n) is 9.70. The molecule has 2 amide bonds. The SMILES string of the molecule is CC(C)c1ccc(N2C(=O)/C(=C/c3cccn3-c3ccccc3)C(=O)NC2=S)cc1. The molecule has 150 valence electrons. The highest BCUT2D eigenvalue weighted by Gasteiger charge is 2.34. The first-order valence-corrected chi connectivity index (χ1v) is 10.1. The molecule has 0 aliphatic carbocycles. The summed E-state index contributed by atoms with van der Waals surface area (Å²) in [7, 11) is 0. The van der Waals surface area contributed by atoms with Gasteiger partial charge in [-0.15, -0.1) is 0 Å². The van der Waals surface area contributed by atoms with Crippen LogP contribution in [0.1, 0.15) is 31.0 Å². The molecule has 0 radical (unpaired) electrons. The lowest BCUT2D eigenvalue weighted by Gasteiger charge is -2.29. The quantitative estimate of drug-likeness (QED) is 0.390. The van der Waals surface area contributed by atoms with Gasteiger partial charge in [0.2, 0.25) is 0 Å². The number of amides is 2. The van der Waals surface area contributed by atoms with Gasteiger partial charge < -0.3 is 4.57 Å². The molecule has 6 heteroatoms. The lowest BCUT2D eigenvalue weighted by atomic mass is 10.0. The highest BCUT2D eigenvalue weighted by molar-refractivity contribution is 7.80. The second-order valence-electron chi connectivity index (χ2n) is 7.34. The van der Waals surface area contributed by atoms with E-state index in [0.717, 1.165) is 16.9 Å². The van der Waals surface area contributed by atoms with Crippen LogP contribution in [0.15, 0.2) is 78.5 Å². The van der Waals surface area contributed by atoms with Crippen molar-refractivity contribution in [2.45, 2.75) is 19.8 Å². The third-order valence-corrected chi connectivity index (χ3v) is 5.31. The minimum absolute atomic E-state index is 0.0346. The molecule has 0 atom stereocenters. The van der Waals surface area contributed by atoms with Gasteiger partial charge in [-0.25, -0.2) is 0 Å². The Morgan fingerprint density at radius 1 is 0.900 bits per heavy atom. The van der Waals surface area contributed by atoms with E-state index < -0.39 is 11.8 Å². The van der Waals surface area contributed by atoms with Gasteiger partial charge in [-0.3, -0.25) is 19.8 Å². The van der Waals surface area contributed by atoms with E-state index in [-0.39, 0.29) is 10.7 Å². The third-order valence-electron chi connectivity index (χ3n) is 5.03. The number of carbonyl (C=O) groups excluding carboxylic acids is 2. The van der Waals surface area contributed by atoms with Crippen molar-refractivity contribution in [3.63, 3.8) is 0 Å². The largest absolute Gasteiger partial charge is 0.317 e. The van der Waals surface area contributed by atoms with Crippen molar-refractivity contribution < 1.29 is 9.59 Å². The number of aromatic nitrogens is 1. The smallest absolute Gasteiger partial charge is 0.270 e. The zero-order chi connectivity index (χ0) is 21.3. The van der Waals surface area contributed by atoms with Gasteiger partial charge in [-0.05, 0) is 66.2 Å². The molecule has 1 aliphatic heterocycles. The summed E-state index contributed by atoms with van der Waals surface area (Å²) in [5.74, 6) is -0.563. The summed E-state index contributed by atoms with van der Waals surface area (Å²) >= 11 is 5.29. The van der Waals surface area contributed by atoms with Crippen LogP contribution in [-0.2, 0) is 9.59 Å². The number of rotatable bonds is 4. The fourth-order valence-corrected chi connectivity index (χ4v) is 3.66. The molecule has 3 aromatic rings. The topological polar surface area (TPSA) is 54.3 Å². The maximum absolute atomic E-state index is 13.2. The second kappa shape index (κ2) is 8.08. The van der Waals surface area contributed by atoms with Gasteiger partial charge in [0.05, 0.1) is 5.69 Å². The molecule has 0 spiro atoms. The highest BCUT2D eigenvalue weighted by atomic mass is 32.1. The standard InChI is InChI=1S/C24H21N3O2S/c1-16(2)17-10-12-19(13-11-17)27-23(29)21(22(28)25-24(27)30)15-20-9-6-14-26(20)18-7-4-3-5-8-18/h3-16H,1-2H3,(H,25,28,30)/b21-15+. The lowest BCUT2D eigenvalue weighted by molar-refractivity contribution is -0.122. The van der Waals surface area contributed by atoms with Crippen molar-refractivity contribution >= 4 is 40.9 Å². The normalized spacial score (nSPS) is 15.8. The van der Waals surface area contributed by atoms with Crippen molar-refractivity contribution in [2.24, 2.45) is 0 Å². The number of benzene rings is 2. The van der Waals surface area contributed by atoms with Crippen molar-refractivity contribution in [3.8, 4) is 5.69 Å². The summed E-state index contributed by atoms with van der Waals surface area (Å²) in [6.45, 7) is 4.21. The summed E-state index contributed by atoms with van der Waals surface area (Å²) in [6, 6.07) is 21.1. The van der Waals surface area contributed by atoms with Gasteiger partial charge in [0.15, 0.2) is 5.11 Å². The first-order chi connectivity index (χ1) is 14.5. The predicted octanol–water partition coefficient (Wildman–Crippen LogP) is 4.43. The number of nitrogens with zero attached hydrogens (tertiary/aromatic N) is 2. The first kappa shape index (κ1) is 19.8. The molecular formula is C24H21N3O2S. The van der Waals surface area contributed by atoms with E-state index >= 15 is 0 Å². The zero-order valence-corrected chi connectivity index (χ0v) is 17.5. The highest BCUT2D eigenvalue weighted by Crippen LogP contribution is 2.25. The molecule has 1 aliphatic rings. The second-order valence-corrected chi connectivity index (χ2v) is 7.73. The Morgan fingerprint density at radius 3 is 2.27 bits per heavy atom. The van der Waals surface area contributed by atoms with Crippen LogP contribution in [0.3, 0.4) is 0 Å². The molecule has 4 rings (SSSR count). The fraction of sp³-hybridized carbons (Fsp3) is 0.125. The number of carbonyl (C=O) groups is 2. The Kier molecular flexibility index (Phi) is 5.33. The minimum Gasteiger partial charge on any atom is -0.317 e. The molecule has 1 saturated heterocycles. The molecule has 1 fully saturated rings. The van der Waals surface area contributed by atoms with Crippen molar-refractivity contribution in [2.75, 3.05) is 4.90 Å². The summed E-state index contributed by atoms with van der Waals surface area (Å²) in [5.41, 5.74) is 3.48. The van der Waals surface area contributed by atoms with Crippen LogP contribution in [0.5, 0.6) is 0 Å². The Balaban J connectivity index is 1.71. The van der Waals surface area contributed by atoms with Crippen molar-refractivity contribution in [1.29, 1.82) is 0 Å². The summed E-state index contributed by atoms with van der Waals surface area (Å²) in [4.78, 5) is 27.2. The Bertz CT molecular complexity index is 1140. The van der Waals surface area contributed by atoms with E-state index in [0.29, 0.717) is 11.6 Å². The van der Waals surface area contributed by atoms with Gasteiger partial charge in [0.1, 0.15) is 5.57 Å². The molecule has 30 heavy (non-hydrogen) atoms. The predicted molar refractivity (Wildman–Crippen MR) is 123 cm³/mol. The number of hydrogen-bond acceptors (Lipinski definition) is 3. The Morgan fingerprint density at radius 2 is 1.60 bits per heavy atom. The van der Waals surface area contributed by atoms with Gasteiger partial charge in [-0.2, -0.15) is 0 Å². The Hall–Kier alpha value is -3.51. The van der Waals surface area contributed by atoms with Gasteiger partial charge in [0, 0.05) is 17.6 Å². The van der Waals surface area contributed by atoms with E-state index in [1.165, 1.54) is 4.90 Å². The van der Waals surface area contributed by atoms with Crippen molar-refractivity contribution in [1.82, 2.24) is 9.88 Å². The molecular weight excluding hydrogens is 394 g/mol. The average molecular weight is 416 g/mol. The zero-order valence-electron chi connectivity index (χ0n) is 16.7. The number of hydrogen-bond donors (Lipinski definition) is 1. The van der Waals surface area contributed by atoms with Crippen LogP contribution in [0.4, 0.5) is 5.69 Å². The van der Waals surface area contributed by atoms with E-state index in [1.54, 1.807) is 6.08 Å². The molecule has 2 aromatic carbocycles. The van der Waals surface area contributed by atoms with Gasteiger partial charge in [-0.1, -0.05) is 44.2 Å². The summed E-state index contributed by atoms with van der Waals surface area (Å²) < 4.78 is 1.92. The van der Waals surface area contributed by atoms with Gasteiger partial charge in [0.25, 0.3) is 11.8 Å². The maximum Gasteiger partial charge on any atom is 0.270 e. The third kappa shape index (κ3) is 3.69. The Labute approximate surface area is 180 Å². The molecule has 5 nitrogen and oxygen atoms in total. The van der Waals surface area contributed by atoms with Gasteiger partial charge >= 0.3 is 0 Å². The molecule has 2 heterocycles. The average Bonchev–Trinajstić information content (AvgIpc) is 3.20. The monoisotopic (exact) mass is 415 g/mol. The molecule has 0 unspecified atom stereocenters. The maximum atomic E-state index is 13.2. The van der Waals surface area contributed by atoms with Crippen LogP contribution in [0.2, 0.25) is 0 Å². The molecule has 1 aromatic heterocycles. The fourth-order valence-electron chi connectivity index (χ4n) is 3.38. The van der Waals surface area contributed by atoms with E-state index in [1.807, 2.05) is 77.5 Å². The summed E-state index contributed by atoms with van der Waals surface area (Å²) in [5, 5.41) is 2.72. The van der Waals surface area contributed by atoms with Crippen LogP contribution in [-0.4, -0.2) is 21.5 Å². The number of nitrogens with one attached hydrogen (secondary N) is 1. The van der Waals surface area contributed by atoms with E-state index in [2.05, 4.69) is 19.2 Å². The molecule has 1 N–H and O–H groups in total. The van der Waals surface area contributed by atoms with E-state index in [4.69, 9.17) is 12.2 Å². The van der Waals surface area contributed by atoms with Crippen LogP contribution in [0.25, 0.3) is 11.8 Å². The van der Waals surface area contributed by atoms with Crippen molar-refractivity contribution in [3.05, 3.63) is 89.8 Å². The minimum atomic E-state index is -0.499. The number of para-hydroxylation sites is 1. The molecule has 0 saturated carbocycles. The number of anilines is 1. The van der Waals surface area contributed by atoms with Crippen LogP contribution < -0.4 is 10.2 Å². The van der Waals surface area contributed by atoms with Crippen LogP contribution >= 0.6 is 12.2 Å². The lowest BCUT2D eigenvalue weighted by Crippen LogP contribution is -2.54. The summed E-state index contributed by atoms with van der Waals surface area (Å²) in [6.07, 6.45) is 3.49.